The van der Waals surface area contributed by atoms with E-state index in [4.69, 9.17) is 0 Å². The molecule has 0 aromatic carbocycles. The maximum absolute atomic E-state index is 11.6. The Morgan fingerprint density at radius 3 is 2.57 bits per heavy atom. The summed E-state index contributed by atoms with van der Waals surface area (Å²) in [5.74, 6) is 0.523. The van der Waals surface area contributed by atoms with Crippen LogP contribution in [0.4, 0.5) is 0 Å². The number of rotatable bonds is 4. The Kier molecular flexibility index (Phi) is 4.50. The summed E-state index contributed by atoms with van der Waals surface area (Å²) in [6.45, 7) is 1.26. The van der Waals surface area contributed by atoms with Crippen LogP contribution in [0.5, 0.6) is 0 Å². The molecule has 0 spiro atoms. The fourth-order valence-electron chi connectivity index (χ4n) is 3.14. The maximum Gasteiger partial charge on any atom is 0.211 e. The lowest BCUT2D eigenvalue weighted by Gasteiger charge is -2.30. The normalized spacial score (nSPS) is 17.5. The summed E-state index contributed by atoms with van der Waals surface area (Å²) in [6, 6.07) is 6.11. The molecule has 1 fully saturated rings. The third kappa shape index (κ3) is 3.79. The van der Waals surface area contributed by atoms with Gasteiger partial charge in [-0.15, -0.1) is 0 Å². The first-order valence-corrected chi connectivity index (χ1v) is 9.67. The predicted octanol–water partition coefficient (Wildman–Crippen LogP) is 1.70. The van der Waals surface area contributed by atoms with Gasteiger partial charge in [-0.05, 0) is 48.9 Å². The van der Waals surface area contributed by atoms with E-state index in [1.807, 2.05) is 30.1 Å². The Morgan fingerprint density at radius 1 is 1.22 bits per heavy atom. The molecule has 0 N–H and O–H groups in total. The molecule has 0 radical (unpaired) electrons. The van der Waals surface area contributed by atoms with Crippen molar-refractivity contribution < 1.29 is 8.42 Å². The molecule has 23 heavy (non-hydrogen) atoms. The van der Waals surface area contributed by atoms with Gasteiger partial charge in [-0.3, -0.25) is 9.67 Å². The standard InChI is InChI=1S/C16H22N4O2S/c1-19-16(4-8-18-19)15-12-14(3-7-17-15)11-13-5-9-20(10-6-13)23(2,21)22/h3-4,7-8,12-13H,5-6,9-11H2,1-2H3. The molecule has 0 atom stereocenters. The Morgan fingerprint density at radius 2 is 1.96 bits per heavy atom. The van der Waals surface area contributed by atoms with Crippen molar-refractivity contribution in [2.75, 3.05) is 19.3 Å². The van der Waals surface area contributed by atoms with Crippen LogP contribution in [0.15, 0.2) is 30.6 Å². The van der Waals surface area contributed by atoms with Gasteiger partial charge in [-0.25, -0.2) is 12.7 Å². The molecule has 6 nitrogen and oxygen atoms in total. The molecule has 1 saturated heterocycles. The minimum Gasteiger partial charge on any atom is -0.266 e. The van der Waals surface area contributed by atoms with Gasteiger partial charge in [0.1, 0.15) is 0 Å². The number of nitrogens with zero attached hydrogens (tertiary/aromatic N) is 4. The van der Waals surface area contributed by atoms with Gasteiger partial charge in [0.05, 0.1) is 17.6 Å². The third-order valence-corrected chi connectivity index (χ3v) is 5.78. The highest BCUT2D eigenvalue weighted by Gasteiger charge is 2.25. The van der Waals surface area contributed by atoms with Crippen molar-refractivity contribution in [1.82, 2.24) is 19.1 Å². The van der Waals surface area contributed by atoms with Crippen LogP contribution < -0.4 is 0 Å². The van der Waals surface area contributed by atoms with Crippen molar-refractivity contribution >= 4 is 10.0 Å². The number of hydrogen-bond donors (Lipinski definition) is 0. The van der Waals surface area contributed by atoms with Crippen LogP contribution in [0.2, 0.25) is 0 Å². The molecule has 1 aliphatic rings. The Bertz CT molecular complexity index is 777. The summed E-state index contributed by atoms with van der Waals surface area (Å²) in [5, 5.41) is 4.18. The minimum atomic E-state index is -3.05. The molecule has 0 unspecified atom stereocenters. The largest absolute Gasteiger partial charge is 0.266 e. The third-order valence-electron chi connectivity index (χ3n) is 4.47. The zero-order valence-corrected chi connectivity index (χ0v) is 14.3. The van der Waals surface area contributed by atoms with Gasteiger partial charge in [-0.2, -0.15) is 5.10 Å². The van der Waals surface area contributed by atoms with Crippen LogP contribution in [-0.2, 0) is 23.5 Å². The number of pyridine rings is 1. The van der Waals surface area contributed by atoms with E-state index in [0.717, 1.165) is 30.7 Å². The van der Waals surface area contributed by atoms with Crippen molar-refractivity contribution in [3.05, 3.63) is 36.2 Å². The number of piperidine rings is 1. The molecule has 3 heterocycles. The molecular formula is C16H22N4O2S. The van der Waals surface area contributed by atoms with E-state index >= 15 is 0 Å². The summed E-state index contributed by atoms with van der Waals surface area (Å²) in [4.78, 5) is 4.43. The van der Waals surface area contributed by atoms with Crippen molar-refractivity contribution in [1.29, 1.82) is 0 Å². The van der Waals surface area contributed by atoms with Crippen LogP contribution in [0.3, 0.4) is 0 Å². The lowest BCUT2D eigenvalue weighted by molar-refractivity contribution is 0.274. The summed E-state index contributed by atoms with van der Waals surface area (Å²) in [6.07, 6.45) is 7.68. The topological polar surface area (TPSA) is 68.1 Å². The minimum absolute atomic E-state index is 0.523. The van der Waals surface area contributed by atoms with Crippen LogP contribution in [0, 0.1) is 5.92 Å². The smallest absolute Gasteiger partial charge is 0.211 e. The van der Waals surface area contributed by atoms with E-state index in [9.17, 15) is 8.42 Å². The molecule has 3 rings (SSSR count). The van der Waals surface area contributed by atoms with Crippen LogP contribution in [0.25, 0.3) is 11.4 Å². The first-order valence-electron chi connectivity index (χ1n) is 7.82. The Hall–Kier alpha value is -1.73. The molecule has 0 saturated carbocycles. The fraction of sp³-hybridized carbons (Fsp3) is 0.500. The summed E-state index contributed by atoms with van der Waals surface area (Å²) in [7, 11) is -1.14. The van der Waals surface area contributed by atoms with E-state index < -0.39 is 10.0 Å². The van der Waals surface area contributed by atoms with E-state index in [-0.39, 0.29) is 0 Å². The van der Waals surface area contributed by atoms with Crippen molar-refractivity contribution in [3.63, 3.8) is 0 Å². The summed E-state index contributed by atoms with van der Waals surface area (Å²) < 4.78 is 26.5. The zero-order chi connectivity index (χ0) is 16.4. The second-order valence-electron chi connectivity index (χ2n) is 6.20. The van der Waals surface area contributed by atoms with E-state index in [1.54, 1.807) is 10.5 Å². The SMILES string of the molecule is Cn1nccc1-c1cc(CC2CCN(S(C)(=O)=O)CC2)ccn1. The highest BCUT2D eigenvalue weighted by molar-refractivity contribution is 7.88. The van der Waals surface area contributed by atoms with Crippen molar-refractivity contribution in [2.24, 2.45) is 13.0 Å². The lowest BCUT2D eigenvalue weighted by Crippen LogP contribution is -2.38. The quantitative estimate of drug-likeness (QED) is 0.853. The number of hydrogen-bond acceptors (Lipinski definition) is 4. The molecule has 0 amide bonds. The second-order valence-corrected chi connectivity index (χ2v) is 8.18. The Balaban J connectivity index is 1.67. The summed E-state index contributed by atoms with van der Waals surface area (Å²) >= 11 is 0. The van der Waals surface area contributed by atoms with Gasteiger partial charge in [0.15, 0.2) is 0 Å². The van der Waals surface area contributed by atoms with E-state index in [1.165, 1.54) is 11.8 Å². The van der Waals surface area contributed by atoms with Gasteiger partial charge >= 0.3 is 0 Å². The van der Waals surface area contributed by atoms with Crippen LogP contribution in [0.1, 0.15) is 18.4 Å². The zero-order valence-electron chi connectivity index (χ0n) is 13.5. The Labute approximate surface area is 137 Å². The second kappa shape index (κ2) is 6.41. The molecule has 7 heteroatoms. The lowest BCUT2D eigenvalue weighted by atomic mass is 9.91. The molecular weight excluding hydrogens is 312 g/mol. The fourth-order valence-corrected chi connectivity index (χ4v) is 4.02. The number of sulfonamides is 1. The molecule has 0 aliphatic carbocycles. The van der Waals surface area contributed by atoms with Gasteiger partial charge < -0.3 is 0 Å². The molecule has 0 bridgehead atoms. The van der Waals surface area contributed by atoms with E-state index in [2.05, 4.69) is 16.1 Å². The molecule has 2 aromatic heterocycles. The molecule has 1 aliphatic heterocycles. The van der Waals surface area contributed by atoms with Gasteiger partial charge in [-0.1, -0.05) is 0 Å². The van der Waals surface area contributed by atoms with E-state index in [0.29, 0.717) is 19.0 Å². The first-order chi connectivity index (χ1) is 10.9. The molecule has 124 valence electrons. The van der Waals surface area contributed by atoms with Gasteiger partial charge in [0.2, 0.25) is 10.0 Å². The number of aromatic nitrogens is 3. The predicted molar refractivity (Wildman–Crippen MR) is 89.3 cm³/mol. The van der Waals surface area contributed by atoms with Crippen LogP contribution >= 0.6 is 0 Å². The van der Waals surface area contributed by atoms with Gasteiger partial charge in [0, 0.05) is 32.5 Å². The van der Waals surface area contributed by atoms with Crippen molar-refractivity contribution in [2.45, 2.75) is 19.3 Å². The average Bonchev–Trinajstić information content (AvgIpc) is 2.93. The highest BCUT2D eigenvalue weighted by atomic mass is 32.2. The maximum atomic E-state index is 11.6. The molecule has 2 aromatic rings. The first kappa shape index (κ1) is 16.1. The van der Waals surface area contributed by atoms with Crippen LogP contribution in [-0.4, -0.2) is 46.8 Å². The average molecular weight is 334 g/mol. The summed E-state index contributed by atoms with van der Waals surface area (Å²) in [5.41, 5.74) is 3.17. The monoisotopic (exact) mass is 334 g/mol. The van der Waals surface area contributed by atoms with Crippen molar-refractivity contribution in [3.8, 4) is 11.4 Å². The van der Waals surface area contributed by atoms with Gasteiger partial charge in [0.25, 0.3) is 0 Å². The highest BCUT2D eigenvalue weighted by Crippen LogP contribution is 2.24. The number of aryl methyl sites for hydroxylation is 1.